The van der Waals surface area contributed by atoms with Crippen LogP contribution in [0, 0.1) is 0 Å². The molecule has 1 nitrogen and oxygen atoms in total. The molecule has 0 N–H and O–H groups in total. The molecule has 3 aliphatic rings. The fourth-order valence-electron chi connectivity index (χ4n) is 11.0. The molecule has 0 saturated heterocycles. The molecule has 0 atom stereocenters. The van der Waals surface area contributed by atoms with Crippen molar-refractivity contribution in [3.63, 3.8) is 0 Å². The van der Waals surface area contributed by atoms with Crippen LogP contribution in [0.1, 0.15) is 47.2 Å². The Morgan fingerprint density at radius 1 is 0.305 bits per heavy atom. The number of hydrogen-bond acceptors (Lipinski definition) is 1. The van der Waals surface area contributed by atoms with Gasteiger partial charge in [0.05, 0.1) is 11.1 Å². The summed E-state index contributed by atoms with van der Waals surface area (Å²) in [6.07, 6.45) is 0. The molecule has 12 rings (SSSR count). The van der Waals surface area contributed by atoms with Crippen molar-refractivity contribution in [2.75, 3.05) is 4.90 Å². The van der Waals surface area contributed by atoms with Gasteiger partial charge in [-0.3, -0.25) is 0 Å². The van der Waals surface area contributed by atoms with Crippen molar-refractivity contribution in [3.05, 3.63) is 246 Å². The first-order valence-electron chi connectivity index (χ1n) is 20.8. The third-order valence-corrected chi connectivity index (χ3v) is 13.5. The summed E-state index contributed by atoms with van der Waals surface area (Å²) in [6.45, 7) is 4.73. The van der Waals surface area contributed by atoms with Gasteiger partial charge in [-0.25, -0.2) is 0 Å². The highest BCUT2D eigenvalue weighted by atomic mass is 15.1. The van der Waals surface area contributed by atoms with E-state index < -0.39 is 5.41 Å². The summed E-state index contributed by atoms with van der Waals surface area (Å²) < 4.78 is 0. The molecular weight excluding hydrogens is 711 g/mol. The topological polar surface area (TPSA) is 3.24 Å². The molecule has 0 radical (unpaired) electrons. The highest BCUT2D eigenvalue weighted by molar-refractivity contribution is 5.99. The minimum Gasteiger partial charge on any atom is -0.310 e. The first-order valence-corrected chi connectivity index (χ1v) is 20.8. The Morgan fingerprint density at radius 3 is 1.39 bits per heavy atom. The lowest BCUT2D eigenvalue weighted by Crippen LogP contribution is -2.26. The second-order valence-corrected chi connectivity index (χ2v) is 16.8. The standard InChI is InChI=1S/C58H41N/c1-57(2)50-26-11-6-20-44(50)48-36-35-41(37-54(48)57)59(55-30-15-10-19-42(55)38-17-4-3-5-18-38)40-33-31-39(32-34-40)43-24-16-25-49-47-23-9-14-29-53(47)58(56(43)49)51-27-12-7-21-45(51)46-22-8-13-28-52(46)58/h3-37H,1-2H3. The number of benzene rings is 9. The van der Waals surface area contributed by atoms with Crippen LogP contribution < -0.4 is 4.90 Å². The van der Waals surface area contributed by atoms with Gasteiger partial charge in [0.25, 0.3) is 0 Å². The number of rotatable bonds is 5. The summed E-state index contributed by atoms with van der Waals surface area (Å²) in [5.41, 5.74) is 23.9. The zero-order chi connectivity index (χ0) is 39.3. The van der Waals surface area contributed by atoms with Crippen LogP contribution >= 0.6 is 0 Å². The van der Waals surface area contributed by atoms with Crippen LogP contribution in [0.2, 0.25) is 0 Å². The molecule has 0 fully saturated rings. The summed E-state index contributed by atoms with van der Waals surface area (Å²) in [4.78, 5) is 2.46. The molecule has 278 valence electrons. The van der Waals surface area contributed by atoms with Gasteiger partial charge in [-0.15, -0.1) is 0 Å². The van der Waals surface area contributed by atoms with Crippen molar-refractivity contribution in [1.82, 2.24) is 0 Å². The van der Waals surface area contributed by atoms with Gasteiger partial charge < -0.3 is 4.90 Å². The highest BCUT2D eigenvalue weighted by Crippen LogP contribution is 2.64. The molecule has 9 aromatic carbocycles. The van der Waals surface area contributed by atoms with E-state index in [1.54, 1.807) is 0 Å². The molecule has 1 heteroatoms. The van der Waals surface area contributed by atoms with Crippen LogP contribution in [0.25, 0.3) is 55.6 Å². The van der Waals surface area contributed by atoms with E-state index in [0.29, 0.717) is 0 Å². The Hall–Kier alpha value is -7.22. The van der Waals surface area contributed by atoms with E-state index in [0.717, 1.165) is 17.1 Å². The monoisotopic (exact) mass is 751 g/mol. The molecule has 0 saturated carbocycles. The predicted molar refractivity (Wildman–Crippen MR) is 246 cm³/mol. The molecule has 59 heavy (non-hydrogen) atoms. The summed E-state index contributed by atoms with van der Waals surface area (Å²) in [6, 6.07) is 79.1. The van der Waals surface area contributed by atoms with E-state index in [1.165, 1.54) is 89.0 Å². The van der Waals surface area contributed by atoms with Gasteiger partial charge in [0.15, 0.2) is 0 Å². The lowest BCUT2D eigenvalue weighted by atomic mass is 9.68. The van der Waals surface area contributed by atoms with Crippen LogP contribution in [0.5, 0.6) is 0 Å². The zero-order valence-electron chi connectivity index (χ0n) is 33.2. The first-order chi connectivity index (χ1) is 29.0. The fourth-order valence-corrected chi connectivity index (χ4v) is 11.0. The molecule has 0 bridgehead atoms. The largest absolute Gasteiger partial charge is 0.310 e. The summed E-state index contributed by atoms with van der Waals surface area (Å²) in [5, 5.41) is 0. The number of para-hydroxylation sites is 1. The Kier molecular flexibility index (Phi) is 7.26. The minimum absolute atomic E-state index is 0.116. The molecule has 0 amide bonds. The van der Waals surface area contributed by atoms with Crippen molar-refractivity contribution in [2.45, 2.75) is 24.7 Å². The van der Waals surface area contributed by atoms with E-state index in [2.05, 4.69) is 231 Å². The van der Waals surface area contributed by atoms with Crippen LogP contribution in [0.15, 0.2) is 212 Å². The fraction of sp³-hybridized carbons (Fsp3) is 0.0690. The average molecular weight is 752 g/mol. The molecular formula is C58H41N. The normalized spacial score (nSPS) is 14.2. The third kappa shape index (κ3) is 4.67. The van der Waals surface area contributed by atoms with Gasteiger partial charge in [-0.2, -0.15) is 0 Å². The van der Waals surface area contributed by atoms with Crippen LogP contribution in [-0.2, 0) is 10.8 Å². The van der Waals surface area contributed by atoms with Gasteiger partial charge >= 0.3 is 0 Å². The lowest BCUT2D eigenvalue weighted by molar-refractivity contribution is 0.660. The molecule has 1 spiro atoms. The maximum atomic E-state index is 2.46. The maximum absolute atomic E-state index is 2.46. The Bertz CT molecular complexity index is 3070. The van der Waals surface area contributed by atoms with E-state index >= 15 is 0 Å². The smallest absolute Gasteiger partial charge is 0.0731 e. The molecule has 0 aliphatic heterocycles. The Morgan fingerprint density at radius 2 is 0.746 bits per heavy atom. The number of anilines is 3. The molecule has 0 heterocycles. The van der Waals surface area contributed by atoms with Crippen LogP contribution in [0.3, 0.4) is 0 Å². The van der Waals surface area contributed by atoms with Gasteiger partial charge in [-0.1, -0.05) is 196 Å². The van der Waals surface area contributed by atoms with Crippen molar-refractivity contribution in [3.8, 4) is 55.6 Å². The van der Waals surface area contributed by atoms with Crippen molar-refractivity contribution in [1.29, 1.82) is 0 Å². The van der Waals surface area contributed by atoms with E-state index in [4.69, 9.17) is 0 Å². The zero-order valence-corrected chi connectivity index (χ0v) is 33.2. The van der Waals surface area contributed by atoms with Crippen molar-refractivity contribution in [2.24, 2.45) is 0 Å². The molecule has 0 aromatic heterocycles. The summed E-state index contributed by atoms with van der Waals surface area (Å²) in [7, 11) is 0. The molecule has 9 aromatic rings. The van der Waals surface area contributed by atoms with Crippen LogP contribution in [-0.4, -0.2) is 0 Å². The van der Waals surface area contributed by atoms with E-state index in [9.17, 15) is 0 Å². The van der Waals surface area contributed by atoms with Gasteiger partial charge in [0, 0.05) is 22.4 Å². The van der Waals surface area contributed by atoms with E-state index in [-0.39, 0.29) is 5.41 Å². The first kappa shape index (κ1) is 33.9. The van der Waals surface area contributed by atoms with Gasteiger partial charge in [0.1, 0.15) is 0 Å². The predicted octanol–water partition coefficient (Wildman–Crippen LogP) is 15.1. The Labute approximate surface area is 346 Å². The van der Waals surface area contributed by atoms with Crippen LogP contribution in [0.4, 0.5) is 17.1 Å². The summed E-state index contributed by atoms with van der Waals surface area (Å²) >= 11 is 0. The Balaban J connectivity index is 1.05. The SMILES string of the molecule is CC1(C)c2ccccc2-c2ccc(N(c3ccc(-c4cccc5c4C4(c6ccccc6-c6ccccc64)c4ccccc4-5)cc3)c3ccccc3-c3ccccc3)cc21. The lowest BCUT2D eigenvalue weighted by Gasteiger charge is -2.32. The highest BCUT2D eigenvalue weighted by Gasteiger charge is 2.52. The van der Waals surface area contributed by atoms with Crippen molar-refractivity contribution < 1.29 is 0 Å². The molecule has 0 unspecified atom stereocenters. The summed E-state index contributed by atoms with van der Waals surface area (Å²) in [5.74, 6) is 0. The second-order valence-electron chi connectivity index (χ2n) is 16.8. The van der Waals surface area contributed by atoms with Gasteiger partial charge in [-0.05, 0) is 114 Å². The third-order valence-electron chi connectivity index (χ3n) is 13.5. The molecule has 3 aliphatic carbocycles. The quantitative estimate of drug-likeness (QED) is 0.169. The number of nitrogens with zero attached hydrogens (tertiary/aromatic N) is 1. The van der Waals surface area contributed by atoms with Gasteiger partial charge in [0.2, 0.25) is 0 Å². The average Bonchev–Trinajstić information content (AvgIpc) is 3.86. The second kappa shape index (κ2) is 12.6. The number of fused-ring (bicyclic) bond motifs is 13. The minimum atomic E-state index is -0.413. The van der Waals surface area contributed by atoms with Crippen molar-refractivity contribution >= 4 is 17.1 Å². The van der Waals surface area contributed by atoms with E-state index in [1.807, 2.05) is 0 Å². The maximum Gasteiger partial charge on any atom is 0.0731 e. The number of hydrogen-bond donors (Lipinski definition) is 0.